The lowest BCUT2D eigenvalue weighted by Crippen LogP contribution is -2.34. The topological polar surface area (TPSA) is 104 Å². The van der Waals surface area contributed by atoms with Crippen molar-refractivity contribution in [2.45, 2.75) is 13.0 Å². The fourth-order valence-corrected chi connectivity index (χ4v) is 2.21. The first-order chi connectivity index (χ1) is 7.65. The highest BCUT2D eigenvalue weighted by Gasteiger charge is 2.18. The van der Waals surface area contributed by atoms with Gasteiger partial charge in [-0.05, 0) is 24.6 Å². The Morgan fingerprint density at radius 3 is 3.00 bits per heavy atom. The molecule has 7 heteroatoms. The van der Waals surface area contributed by atoms with Crippen molar-refractivity contribution in [3.63, 3.8) is 0 Å². The third-order valence-corrected chi connectivity index (χ3v) is 3.02. The Balaban J connectivity index is 2.61. The number of azide groups is 1. The molecule has 0 fully saturated rings. The van der Waals surface area contributed by atoms with Crippen molar-refractivity contribution in [1.82, 2.24) is 5.32 Å². The Bertz CT molecular complexity index is 410. The second-order valence-corrected chi connectivity index (χ2v) is 4.51. The lowest BCUT2D eigenvalue weighted by atomic mass is 10.2. The number of aryl methyl sites for hydroxylation is 1. The van der Waals surface area contributed by atoms with Crippen LogP contribution in [0.25, 0.3) is 10.4 Å². The number of rotatable bonds is 6. The van der Waals surface area contributed by atoms with E-state index in [0.717, 1.165) is 9.75 Å². The van der Waals surface area contributed by atoms with Gasteiger partial charge in [0.05, 0.1) is 0 Å². The van der Waals surface area contributed by atoms with Crippen LogP contribution < -0.4 is 11.1 Å². The van der Waals surface area contributed by atoms with Crippen LogP contribution in [0.1, 0.15) is 15.8 Å². The second kappa shape index (κ2) is 6.12. The zero-order valence-corrected chi connectivity index (χ0v) is 9.70. The highest BCUT2D eigenvalue weighted by atomic mass is 32.1. The van der Waals surface area contributed by atoms with Gasteiger partial charge in [0.25, 0.3) is 0 Å². The Morgan fingerprint density at radius 2 is 2.50 bits per heavy atom. The van der Waals surface area contributed by atoms with Gasteiger partial charge in [-0.1, -0.05) is 5.11 Å². The second-order valence-electron chi connectivity index (χ2n) is 3.19. The molecule has 0 saturated heterocycles. The molecule has 0 aliphatic rings. The Morgan fingerprint density at radius 1 is 1.75 bits per heavy atom. The van der Waals surface area contributed by atoms with Crippen LogP contribution in [0.15, 0.2) is 17.2 Å². The lowest BCUT2D eigenvalue weighted by molar-refractivity contribution is -0.120. The maximum absolute atomic E-state index is 11.2. The summed E-state index contributed by atoms with van der Waals surface area (Å²) >= 11 is 1.52. The average molecular weight is 239 g/mol. The number of nitrogens with zero attached hydrogens (tertiary/aromatic N) is 3. The molecule has 1 amide bonds. The molecule has 1 heterocycles. The van der Waals surface area contributed by atoms with Crippen LogP contribution in [-0.4, -0.2) is 19.0 Å². The van der Waals surface area contributed by atoms with Crippen molar-refractivity contribution in [3.8, 4) is 0 Å². The third-order valence-electron chi connectivity index (χ3n) is 1.95. The maximum Gasteiger partial charge on any atom is 0.239 e. The van der Waals surface area contributed by atoms with Crippen molar-refractivity contribution in [1.29, 1.82) is 0 Å². The lowest BCUT2D eigenvalue weighted by Gasteiger charge is -2.12. The highest BCUT2D eigenvalue weighted by Crippen LogP contribution is 2.22. The van der Waals surface area contributed by atoms with E-state index in [1.54, 1.807) is 0 Å². The number of carbonyl (C=O) groups excluding carboxylic acids is 1. The molecule has 1 aromatic heterocycles. The third kappa shape index (κ3) is 3.54. The molecule has 0 aromatic carbocycles. The summed E-state index contributed by atoms with van der Waals surface area (Å²) in [6.07, 6.45) is 0. The monoisotopic (exact) mass is 239 g/mol. The zero-order chi connectivity index (χ0) is 12.0. The first kappa shape index (κ1) is 12.5. The number of hydrogen-bond donors (Lipinski definition) is 2. The van der Waals surface area contributed by atoms with Gasteiger partial charge >= 0.3 is 0 Å². The zero-order valence-electron chi connectivity index (χ0n) is 8.88. The molecule has 0 saturated carbocycles. The summed E-state index contributed by atoms with van der Waals surface area (Å²) in [5, 5.41) is 6.33. The molecule has 0 aliphatic carbocycles. The first-order valence-corrected chi connectivity index (χ1v) is 5.56. The van der Waals surface area contributed by atoms with Crippen molar-refractivity contribution in [2.24, 2.45) is 10.8 Å². The quantitative estimate of drug-likeness (QED) is 0.340. The smallest absolute Gasteiger partial charge is 0.239 e. The molecular weight excluding hydrogens is 226 g/mol. The number of nitrogens with one attached hydrogen (secondary N) is 1. The minimum atomic E-state index is -0.507. The minimum Gasteiger partial charge on any atom is -0.368 e. The fraction of sp³-hybridized carbons (Fsp3) is 0.444. The van der Waals surface area contributed by atoms with Crippen LogP contribution >= 0.6 is 11.3 Å². The van der Waals surface area contributed by atoms with E-state index in [4.69, 9.17) is 11.3 Å². The molecule has 1 aromatic rings. The van der Waals surface area contributed by atoms with Crippen molar-refractivity contribution in [3.05, 3.63) is 32.3 Å². The standard InChI is InChI=1S/C9H13N5OS/c1-6-2-3-7(16-6)8(9(10)15)12-4-5-13-14-11/h2-3,8,12H,4-5H2,1H3,(H2,10,15). The molecule has 6 nitrogen and oxygen atoms in total. The number of nitrogens with two attached hydrogens (primary N) is 1. The van der Waals surface area contributed by atoms with Crippen molar-refractivity contribution in [2.75, 3.05) is 13.1 Å². The SMILES string of the molecule is Cc1ccc(C(NCCN=[N+]=[N-])C(N)=O)s1. The number of amides is 1. The summed E-state index contributed by atoms with van der Waals surface area (Å²) in [5.74, 6) is -0.428. The molecule has 1 unspecified atom stereocenters. The Hall–Kier alpha value is -1.56. The van der Waals surface area contributed by atoms with E-state index in [9.17, 15) is 4.79 Å². The molecule has 3 N–H and O–H groups in total. The molecule has 86 valence electrons. The normalized spacial score (nSPS) is 11.8. The maximum atomic E-state index is 11.2. The van der Waals surface area contributed by atoms with E-state index in [2.05, 4.69) is 15.3 Å². The highest BCUT2D eigenvalue weighted by molar-refractivity contribution is 7.12. The number of primary amides is 1. The van der Waals surface area contributed by atoms with Crippen LogP contribution in [0.3, 0.4) is 0 Å². The molecule has 0 spiro atoms. The van der Waals surface area contributed by atoms with Gasteiger partial charge in [-0.3, -0.25) is 4.79 Å². The number of hydrogen-bond acceptors (Lipinski definition) is 4. The van der Waals surface area contributed by atoms with Gasteiger partial charge in [0.2, 0.25) is 5.91 Å². The van der Waals surface area contributed by atoms with E-state index in [1.807, 2.05) is 19.1 Å². The predicted molar refractivity (Wildman–Crippen MR) is 63.0 cm³/mol. The van der Waals surface area contributed by atoms with Crippen LogP contribution in [0.2, 0.25) is 0 Å². The van der Waals surface area contributed by atoms with E-state index < -0.39 is 11.9 Å². The summed E-state index contributed by atoms with van der Waals surface area (Å²) in [5.41, 5.74) is 13.4. The van der Waals surface area contributed by atoms with E-state index in [-0.39, 0.29) is 0 Å². The molecule has 1 atom stereocenters. The molecule has 1 rings (SSSR count). The van der Waals surface area contributed by atoms with Crippen molar-refractivity contribution >= 4 is 17.2 Å². The first-order valence-electron chi connectivity index (χ1n) is 4.75. The number of thiophene rings is 1. The van der Waals surface area contributed by atoms with Gasteiger partial charge in [0, 0.05) is 27.8 Å². The van der Waals surface area contributed by atoms with E-state index in [0.29, 0.717) is 13.1 Å². The molecule has 0 radical (unpaired) electrons. The van der Waals surface area contributed by atoms with Gasteiger partial charge in [-0.25, -0.2) is 0 Å². The van der Waals surface area contributed by atoms with Crippen LogP contribution in [-0.2, 0) is 4.79 Å². The van der Waals surface area contributed by atoms with E-state index in [1.165, 1.54) is 11.3 Å². The summed E-state index contributed by atoms with van der Waals surface area (Å²) in [6, 6.07) is 3.30. The molecule has 16 heavy (non-hydrogen) atoms. The largest absolute Gasteiger partial charge is 0.368 e. The summed E-state index contributed by atoms with van der Waals surface area (Å²) in [6.45, 7) is 2.69. The minimum absolute atomic E-state index is 0.296. The van der Waals surface area contributed by atoms with Gasteiger partial charge < -0.3 is 11.1 Å². The summed E-state index contributed by atoms with van der Waals surface area (Å²) < 4.78 is 0. The van der Waals surface area contributed by atoms with Crippen molar-refractivity contribution < 1.29 is 4.79 Å². The van der Waals surface area contributed by atoms with Crippen LogP contribution in [0.5, 0.6) is 0 Å². The summed E-state index contributed by atoms with van der Waals surface area (Å²) in [7, 11) is 0. The van der Waals surface area contributed by atoms with Gasteiger partial charge in [-0.15, -0.1) is 11.3 Å². The van der Waals surface area contributed by atoms with E-state index >= 15 is 0 Å². The fourth-order valence-electron chi connectivity index (χ4n) is 1.25. The van der Waals surface area contributed by atoms with Gasteiger partial charge in [-0.2, -0.15) is 0 Å². The van der Waals surface area contributed by atoms with Gasteiger partial charge in [0.1, 0.15) is 6.04 Å². The summed E-state index contributed by atoms with van der Waals surface area (Å²) in [4.78, 5) is 15.9. The Labute approximate surface area is 97.1 Å². The van der Waals surface area contributed by atoms with Crippen LogP contribution in [0, 0.1) is 6.92 Å². The van der Waals surface area contributed by atoms with Gasteiger partial charge in [0.15, 0.2) is 0 Å². The molecule has 0 aliphatic heterocycles. The average Bonchev–Trinajstić information content (AvgIpc) is 2.64. The predicted octanol–water partition coefficient (Wildman–Crippen LogP) is 1.48. The Kier molecular flexibility index (Phi) is 4.78. The molecular formula is C9H13N5OS. The molecule has 0 bridgehead atoms. The number of carbonyl (C=O) groups is 1. The van der Waals surface area contributed by atoms with Crippen LogP contribution in [0.4, 0.5) is 0 Å².